The number of morpholine rings is 1. The lowest BCUT2D eigenvalue weighted by atomic mass is 9.90. The van der Waals surface area contributed by atoms with Gasteiger partial charge in [-0.2, -0.15) is 5.26 Å². The molecule has 2 aliphatic rings. The van der Waals surface area contributed by atoms with Crippen molar-refractivity contribution in [2.24, 2.45) is 0 Å². The van der Waals surface area contributed by atoms with Gasteiger partial charge in [0.05, 0.1) is 41.7 Å². The second-order valence-electron chi connectivity index (χ2n) is 11.0. The number of aliphatic hydroxyl groups is 1. The average molecular weight is 528 g/mol. The van der Waals surface area contributed by atoms with Crippen LogP contribution >= 0.6 is 0 Å². The highest BCUT2D eigenvalue weighted by atomic mass is 16.5. The first-order chi connectivity index (χ1) is 18.6. The Morgan fingerprint density at radius 1 is 1.13 bits per heavy atom. The van der Waals surface area contributed by atoms with E-state index < -0.39 is 11.0 Å². The minimum Gasteiger partial charge on any atom is -0.386 e. The maximum atomic E-state index is 13.5. The number of anilines is 3. The highest BCUT2D eigenvalue weighted by Gasteiger charge is 2.37. The van der Waals surface area contributed by atoms with Crippen molar-refractivity contribution in [3.8, 4) is 17.2 Å². The second-order valence-corrected chi connectivity index (χ2v) is 11.0. The third-order valence-corrected chi connectivity index (χ3v) is 7.14. The molecule has 2 N–H and O–H groups in total. The molecular weight excluding hydrogens is 494 g/mol. The van der Waals surface area contributed by atoms with Gasteiger partial charge in [-0.15, -0.1) is 0 Å². The summed E-state index contributed by atoms with van der Waals surface area (Å²) in [5, 5.41) is 22.8. The Morgan fingerprint density at radius 3 is 2.54 bits per heavy atom. The summed E-state index contributed by atoms with van der Waals surface area (Å²) in [6, 6.07) is 11.4. The number of hydrogen-bond acceptors (Lipinski definition) is 9. The van der Waals surface area contributed by atoms with Crippen LogP contribution < -0.4 is 15.1 Å². The van der Waals surface area contributed by atoms with Gasteiger partial charge >= 0.3 is 0 Å². The highest BCUT2D eigenvalue weighted by molar-refractivity contribution is 6.06. The first-order valence-corrected chi connectivity index (χ1v) is 13.0. The molecule has 39 heavy (non-hydrogen) atoms. The quantitative estimate of drug-likeness (QED) is 0.496. The number of carbonyl (C=O) groups excluding carboxylic acids is 1. The topological polar surface area (TPSA) is 127 Å². The number of hydrogen-bond donors (Lipinski definition) is 2. The normalized spacial score (nSPS) is 16.8. The number of nitriles is 1. The van der Waals surface area contributed by atoms with Crippen molar-refractivity contribution in [2.75, 3.05) is 54.5 Å². The van der Waals surface area contributed by atoms with Gasteiger partial charge in [0.15, 0.2) is 5.82 Å². The molecule has 5 rings (SSSR count). The van der Waals surface area contributed by atoms with Gasteiger partial charge in [-0.1, -0.05) is 0 Å². The van der Waals surface area contributed by atoms with Crippen LogP contribution in [0.4, 0.5) is 17.3 Å². The molecule has 0 atom stereocenters. The molecule has 0 unspecified atom stereocenters. The van der Waals surface area contributed by atoms with E-state index in [0.717, 1.165) is 22.6 Å². The first-order valence-electron chi connectivity index (χ1n) is 13.0. The Morgan fingerprint density at radius 2 is 1.85 bits per heavy atom. The van der Waals surface area contributed by atoms with E-state index in [1.165, 1.54) is 0 Å². The second kappa shape index (κ2) is 10.2. The minimum atomic E-state index is -0.823. The van der Waals surface area contributed by atoms with E-state index in [9.17, 15) is 15.2 Å². The van der Waals surface area contributed by atoms with E-state index in [4.69, 9.17) is 9.72 Å². The van der Waals surface area contributed by atoms with E-state index >= 15 is 0 Å². The number of pyridine rings is 3. The zero-order valence-corrected chi connectivity index (χ0v) is 22.7. The van der Waals surface area contributed by atoms with Crippen molar-refractivity contribution >= 4 is 23.2 Å². The predicted molar refractivity (Wildman–Crippen MR) is 149 cm³/mol. The number of amides is 1. The summed E-state index contributed by atoms with van der Waals surface area (Å²) in [4.78, 5) is 31.4. The van der Waals surface area contributed by atoms with Crippen LogP contribution in [0.25, 0.3) is 11.1 Å². The number of ether oxygens (including phenoxy) is 1. The Balaban J connectivity index is 1.51. The third kappa shape index (κ3) is 5.55. The fourth-order valence-electron chi connectivity index (χ4n) is 4.86. The van der Waals surface area contributed by atoms with E-state index in [2.05, 4.69) is 26.3 Å². The van der Waals surface area contributed by atoms with Crippen LogP contribution in [-0.2, 0) is 10.2 Å². The van der Waals surface area contributed by atoms with Crippen molar-refractivity contribution < 1.29 is 14.6 Å². The number of nitrogens with one attached hydrogen (secondary N) is 1. The Labute approximate surface area is 228 Å². The summed E-state index contributed by atoms with van der Waals surface area (Å²) in [5.41, 5.74) is 2.62. The third-order valence-electron chi connectivity index (χ3n) is 7.14. The van der Waals surface area contributed by atoms with Crippen LogP contribution in [-0.4, -0.2) is 71.0 Å². The SMILES string of the molecule is Cc1nc(N2CCOCC2)c(NC(=O)c2ccnc(C(C)(C)C#N)c2)cc1-c1ccnc(N2CC(C)(O)C2)c1. The average Bonchev–Trinajstić information content (AvgIpc) is 2.93. The van der Waals surface area contributed by atoms with Crippen molar-refractivity contribution in [3.05, 3.63) is 59.7 Å². The fourth-order valence-corrected chi connectivity index (χ4v) is 4.86. The van der Waals surface area contributed by atoms with Gasteiger partial charge in [0.2, 0.25) is 0 Å². The van der Waals surface area contributed by atoms with E-state index in [0.29, 0.717) is 62.2 Å². The smallest absolute Gasteiger partial charge is 0.255 e. The summed E-state index contributed by atoms with van der Waals surface area (Å²) >= 11 is 0. The Hall–Kier alpha value is -4.07. The molecule has 0 bridgehead atoms. The summed E-state index contributed by atoms with van der Waals surface area (Å²) in [7, 11) is 0. The zero-order valence-electron chi connectivity index (χ0n) is 22.7. The molecule has 2 saturated heterocycles. The van der Waals surface area contributed by atoms with Crippen LogP contribution in [0.3, 0.4) is 0 Å². The monoisotopic (exact) mass is 527 g/mol. The van der Waals surface area contributed by atoms with Crippen LogP contribution in [0.15, 0.2) is 42.7 Å². The van der Waals surface area contributed by atoms with E-state index in [1.807, 2.05) is 36.9 Å². The molecule has 202 valence electrons. The molecule has 10 heteroatoms. The molecule has 0 saturated carbocycles. The summed E-state index contributed by atoms with van der Waals surface area (Å²) in [6.45, 7) is 10.9. The molecule has 0 radical (unpaired) electrons. The number of aromatic nitrogens is 3. The summed E-state index contributed by atoms with van der Waals surface area (Å²) in [6.07, 6.45) is 3.30. The van der Waals surface area contributed by atoms with Gasteiger partial charge in [-0.3, -0.25) is 9.78 Å². The van der Waals surface area contributed by atoms with Crippen LogP contribution in [0.1, 0.15) is 42.5 Å². The number of aryl methyl sites for hydroxylation is 1. The van der Waals surface area contributed by atoms with Gasteiger partial charge in [-0.05, 0) is 63.6 Å². The maximum Gasteiger partial charge on any atom is 0.255 e. The summed E-state index contributed by atoms with van der Waals surface area (Å²) < 4.78 is 5.54. The number of β-amino-alcohol motifs (C(OH)–C–C–N with tert-alkyl or cyclic N) is 1. The van der Waals surface area contributed by atoms with Gasteiger partial charge in [0, 0.05) is 55.4 Å². The Bertz CT molecular complexity index is 1430. The number of carbonyl (C=O) groups is 1. The zero-order chi connectivity index (χ0) is 27.8. The fraction of sp³-hybridized carbons (Fsp3) is 0.414. The predicted octanol–water partition coefficient (Wildman–Crippen LogP) is 3.31. The van der Waals surface area contributed by atoms with Crippen molar-refractivity contribution in [2.45, 2.75) is 38.7 Å². The lowest BCUT2D eigenvalue weighted by Crippen LogP contribution is -2.60. The minimum absolute atomic E-state index is 0.309. The van der Waals surface area contributed by atoms with Crippen molar-refractivity contribution in [3.63, 3.8) is 0 Å². The molecular formula is C29H33N7O3. The standard InChI is InChI=1S/C29H33N7O3/c1-19-22(20-5-8-32-25(14-20)36-17-29(4,38)18-36)15-23(26(33-19)35-9-11-39-12-10-35)34-27(37)21-6-7-31-24(13-21)28(2,3)16-30/h5-8,13-15,38H,9-12,17-18H2,1-4H3,(H,34,37). The van der Waals surface area contributed by atoms with Gasteiger partial charge in [0.1, 0.15) is 5.82 Å². The van der Waals surface area contributed by atoms with Crippen LogP contribution in [0.2, 0.25) is 0 Å². The molecule has 3 aromatic heterocycles. The van der Waals surface area contributed by atoms with Gasteiger partial charge < -0.3 is 25.0 Å². The number of nitrogens with zero attached hydrogens (tertiary/aromatic N) is 6. The van der Waals surface area contributed by atoms with Gasteiger partial charge in [0.25, 0.3) is 5.91 Å². The van der Waals surface area contributed by atoms with Crippen molar-refractivity contribution in [1.29, 1.82) is 5.26 Å². The van der Waals surface area contributed by atoms with E-state index in [1.54, 1.807) is 38.4 Å². The largest absolute Gasteiger partial charge is 0.386 e. The lowest BCUT2D eigenvalue weighted by molar-refractivity contribution is 0.0305. The molecule has 5 heterocycles. The molecule has 3 aromatic rings. The van der Waals surface area contributed by atoms with E-state index in [-0.39, 0.29) is 5.91 Å². The van der Waals surface area contributed by atoms with Crippen molar-refractivity contribution in [1.82, 2.24) is 15.0 Å². The first kappa shape index (κ1) is 26.5. The molecule has 2 fully saturated rings. The van der Waals surface area contributed by atoms with Gasteiger partial charge in [-0.25, -0.2) is 9.97 Å². The van der Waals surface area contributed by atoms with Crippen LogP contribution in [0, 0.1) is 18.3 Å². The van der Waals surface area contributed by atoms with Crippen LogP contribution in [0.5, 0.6) is 0 Å². The summed E-state index contributed by atoms with van der Waals surface area (Å²) in [5.74, 6) is 1.16. The maximum absolute atomic E-state index is 13.5. The molecule has 1 amide bonds. The lowest BCUT2D eigenvalue weighted by Gasteiger charge is -2.45. The molecule has 0 spiro atoms. The Kier molecular flexibility index (Phi) is 6.97. The highest BCUT2D eigenvalue weighted by Crippen LogP contribution is 2.35. The molecule has 0 aliphatic carbocycles. The molecule has 0 aromatic carbocycles. The molecule has 10 nitrogen and oxygen atoms in total. The molecule has 2 aliphatic heterocycles. The number of rotatable bonds is 6.